The monoisotopic (exact) mass is 668 g/mol. The standard InChI is InChI=1S/C49H33OP/c1-3-19-37(20-4-1)51(38-21-5-2-6-22-38)39-23-14-17-35(33-39)34-16-13-18-36(32-34)40-26-15-30-46-48(40)50-47-31-12-11-29-45(47)49(46)43-27-9-7-24-41(43)42-25-8-10-28-44(42)49/h1-33H. The third-order valence-corrected chi connectivity index (χ3v) is 12.9. The van der Waals surface area contributed by atoms with Gasteiger partial charge in [0, 0.05) is 16.7 Å². The molecule has 0 radical (unpaired) electrons. The summed E-state index contributed by atoms with van der Waals surface area (Å²) in [5.41, 5.74) is 11.7. The summed E-state index contributed by atoms with van der Waals surface area (Å²) in [5, 5.41) is 4.03. The summed E-state index contributed by atoms with van der Waals surface area (Å²) in [6, 6.07) is 73.0. The van der Waals surface area contributed by atoms with Gasteiger partial charge in [0.2, 0.25) is 0 Å². The highest BCUT2D eigenvalue weighted by Crippen LogP contribution is 2.63. The van der Waals surface area contributed by atoms with Crippen molar-refractivity contribution in [2.24, 2.45) is 0 Å². The molecule has 51 heavy (non-hydrogen) atoms. The molecule has 0 fully saturated rings. The summed E-state index contributed by atoms with van der Waals surface area (Å²) in [4.78, 5) is 0. The molecule has 0 bridgehead atoms. The van der Waals surface area contributed by atoms with Gasteiger partial charge in [0.25, 0.3) is 0 Å². The van der Waals surface area contributed by atoms with E-state index < -0.39 is 13.3 Å². The summed E-state index contributed by atoms with van der Waals surface area (Å²) in [6.07, 6.45) is 0. The number of ether oxygens (including phenoxy) is 1. The van der Waals surface area contributed by atoms with Crippen LogP contribution in [0.1, 0.15) is 22.3 Å². The van der Waals surface area contributed by atoms with Gasteiger partial charge in [0.15, 0.2) is 0 Å². The van der Waals surface area contributed by atoms with Crippen LogP contribution in [0, 0.1) is 0 Å². The van der Waals surface area contributed by atoms with Gasteiger partial charge in [-0.2, -0.15) is 0 Å². The van der Waals surface area contributed by atoms with Crippen molar-refractivity contribution in [2.45, 2.75) is 5.41 Å². The number of hydrogen-bond donors (Lipinski definition) is 0. The van der Waals surface area contributed by atoms with Crippen molar-refractivity contribution < 1.29 is 4.74 Å². The molecule has 0 atom stereocenters. The van der Waals surface area contributed by atoms with Gasteiger partial charge in [-0.15, -0.1) is 0 Å². The summed E-state index contributed by atoms with van der Waals surface area (Å²) in [5.74, 6) is 1.83. The van der Waals surface area contributed by atoms with Crippen LogP contribution in [0.2, 0.25) is 0 Å². The molecule has 1 spiro atoms. The zero-order valence-corrected chi connectivity index (χ0v) is 28.8. The molecule has 2 aliphatic rings. The third kappa shape index (κ3) is 4.66. The molecule has 8 aromatic carbocycles. The van der Waals surface area contributed by atoms with E-state index in [4.69, 9.17) is 4.74 Å². The quantitative estimate of drug-likeness (QED) is 0.166. The van der Waals surface area contributed by atoms with Gasteiger partial charge in [0.05, 0.1) is 5.41 Å². The number of para-hydroxylation sites is 2. The lowest BCUT2D eigenvalue weighted by molar-refractivity contribution is 0.438. The van der Waals surface area contributed by atoms with E-state index in [9.17, 15) is 0 Å². The molecule has 0 amide bonds. The Kier molecular flexibility index (Phi) is 7.08. The lowest BCUT2D eigenvalue weighted by Crippen LogP contribution is -2.32. The average Bonchev–Trinajstić information content (AvgIpc) is 3.50. The van der Waals surface area contributed by atoms with E-state index >= 15 is 0 Å². The maximum atomic E-state index is 6.98. The van der Waals surface area contributed by atoms with Crippen LogP contribution in [0.4, 0.5) is 0 Å². The molecule has 1 heterocycles. The topological polar surface area (TPSA) is 9.23 Å². The first-order valence-corrected chi connectivity index (χ1v) is 18.9. The molecule has 1 aliphatic heterocycles. The number of fused-ring (bicyclic) bond motifs is 9. The summed E-state index contributed by atoms with van der Waals surface area (Å²) >= 11 is 0. The van der Waals surface area contributed by atoms with Crippen molar-refractivity contribution in [3.8, 4) is 44.9 Å². The van der Waals surface area contributed by atoms with E-state index in [0.717, 1.165) is 22.6 Å². The molecule has 240 valence electrons. The molecule has 0 unspecified atom stereocenters. The van der Waals surface area contributed by atoms with Gasteiger partial charge in [-0.3, -0.25) is 0 Å². The Morgan fingerprint density at radius 2 is 0.804 bits per heavy atom. The van der Waals surface area contributed by atoms with Crippen LogP contribution in [0.5, 0.6) is 11.5 Å². The normalized spacial score (nSPS) is 13.2. The fourth-order valence-electron chi connectivity index (χ4n) is 8.40. The Hall–Kier alpha value is -6.01. The maximum Gasteiger partial charge on any atom is 0.140 e. The van der Waals surface area contributed by atoms with Gasteiger partial charge in [0.1, 0.15) is 11.5 Å². The molecule has 0 saturated carbocycles. The average molecular weight is 669 g/mol. The van der Waals surface area contributed by atoms with Crippen LogP contribution < -0.4 is 20.7 Å². The molecule has 8 aromatic rings. The SMILES string of the molecule is c1ccc(P(c2ccccc2)c2cccc(-c3cccc(-c4cccc5c4Oc4ccccc4C54c5ccccc5-c5ccccc54)c3)c2)cc1. The summed E-state index contributed by atoms with van der Waals surface area (Å²) in [7, 11) is -0.707. The summed E-state index contributed by atoms with van der Waals surface area (Å²) in [6.45, 7) is 0. The van der Waals surface area contributed by atoms with Crippen molar-refractivity contribution in [1.29, 1.82) is 0 Å². The number of rotatable bonds is 5. The van der Waals surface area contributed by atoms with Crippen LogP contribution >= 0.6 is 7.92 Å². The van der Waals surface area contributed by atoms with Crippen molar-refractivity contribution in [2.75, 3.05) is 0 Å². The van der Waals surface area contributed by atoms with Crippen LogP contribution in [-0.2, 0) is 5.41 Å². The minimum Gasteiger partial charge on any atom is -0.456 e. The molecule has 0 saturated heterocycles. The first-order chi connectivity index (χ1) is 25.3. The van der Waals surface area contributed by atoms with Gasteiger partial charge in [-0.25, -0.2) is 0 Å². The Balaban J connectivity index is 1.13. The Morgan fingerprint density at radius 1 is 0.333 bits per heavy atom. The van der Waals surface area contributed by atoms with Crippen LogP contribution in [0.15, 0.2) is 200 Å². The van der Waals surface area contributed by atoms with Gasteiger partial charge in [-0.1, -0.05) is 182 Å². The van der Waals surface area contributed by atoms with Gasteiger partial charge >= 0.3 is 0 Å². The van der Waals surface area contributed by atoms with E-state index in [1.807, 2.05) is 0 Å². The highest BCUT2D eigenvalue weighted by atomic mass is 31.1. The first-order valence-electron chi connectivity index (χ1n) is 17.5. The third-order valence-electron chi connectivity index (χ3n) is 10.5. The molecule has 0 aromatic heterocycles. The maximum absolute atomic E-state index is 6.98. The second-order valence-corrected chi connectivity index (χ2v) is 15.5. The molecular formula is C49H33OP. The Morgan fingerprint density at radius 3 is 1.49 bits per heavy atom. The fraction of sp³-hybridized carbons (Fsp3) is 0.0204. The predicted octanol–water partition coefficient (Wildman–Crippen LogP) is 11.2. The second kappa shape index (κ2) is 12.1. The van der Waals surface area contributed by atoms with Crippen molar-refractivity contribution in [3.05, 3.63) is 222 Å². The first kappa shape index (κ1) is 29.9. The highest BCUT2D eigenvalue weighted by molar-refractivity contribution is 7.79. The van der Waals surface area contributed by atoms with Gasteiger partial charge in [-0.05, 0) is 81.0 Å². The summed E-state index contributed by atoms with van der Waals surface area (Å²) < 4.78 is 6.98. The van der Waals surface area contributed by atoms with Crippen molar-refractivity contribution >= 4 is 23.8 Å². The number of hydrogen-bond acceptors (Lipinski definition) is 1. The minimum absolute atomic E-state index is 0.481. The van der Waals surface area contributed by atoms with E-state index in [1.54, 1.807) is 0 Å². The van der Waals surface area contributed by atoms with Crippen LogP contribution in [0.25, 0.3) is 33.4 Å². The fourth-order valence-corrected chi connectivity index (χ4v) is 10.7. The van der Waals surface area contributed by atoms with E-state index in [2.05, 4.69) is 200 Å². The van der Waals surface area contributed by atoms with E-state index in [1.165, 1.54) is 60.4 Å². The van der Waals surface area contributed by atoms with E-state index in [0.29, 0.717) is 0 Å². The predicted molar refractivity (Wildman–Crippen MR) is 213 cm³/mol. The molecular weight excluding hydrogens is 636 g/mol. The molecule has 2 heteroatoms. The molecule has 10 rings (SSSR count). The number of benzene rings is 8. The molecule has 1 aliphatic carbocycles. The van der Waals surface area contributed by atoms with Crippen LogP contribution in [-0.4, -0.2) is 0 Å². The van der Waals surface area contributed by atoms with Crippen LogP contribution in [0.3, 0.4) is 0 Å². The zero-order chi connectivity index (χ0) is 33.8. The highest BCUT2D eigenvalue weighted by Gasteiger charge is 2.51. The van der Waals surface area contributed by atoms with E-state index in [-0.39, 0.29) is 0 Å². The Labute approximate surface area is 300 Å². The smallest absolute Gasteiger partial charge is 0.140 e. The molecule has 1 nitrogen and oxygen atoms in total. The lowest BCUT2D eigenvalue weighted by atomic mass is 9.65. The minimum atomic E-state index is -0.707. The van der Waals surface area contributed by atoms with Crippen molar-refractivity contribution in [1.82, 2.24) is 0 Å². The Bertz CT molecular complexity index is 2490. The van der Waals surface area contributed by atoms with Crippen molar-refractivity contribution in [3.63, 3.8) is 0 Å². The lowest BCUT2D eigenvalue weighted by Gasteiger charge is -2.40. The molecule has 0 N–H and O–H groups in total. The van der Waals surface area contributed by atoms with Gasteiger partial charge < -0.3 is 4.74 Å². The largest absolute Gasteiger partial charge is 0.456 e. The second-order valence-electron chi connectivity index (χ2n) is 13.3. The zero-order valence-electron chi connectivity index (χ0n) is 27.9.